The van der Waals surface area contributed by atoms with Crippen molar-refractivity contribution in [3.8, 4) is 0 Å². The van der Waals surface area contributed by atoms with E-state index in [-0.39, 0.29) is 54.4 Å². The molecule has 5 aliphatic heterocycles. The van der Waals surface area contributed by atoms with E-state index in [0.717, 1.165) is 6.42 Å². The number of ether oxygens (including phenoxy) is 7. The summed E-state index contributed by atoms with van der Waals surface area (Å²) in [6.07, 6.45) is 10.7. The quantitative estimate of drug-likeness (QED) is 0.130. The third-order valence-electron chi connectivity index (χ3n) is 15.7. The summed E-state index contributed by atoms with van der Waals surface area (Å²) in [6.45, 7) is 23.5. The Morgan fingerprint density at radius 3 is 2.33 bits per heavy atom. The van der Waals surface area contributed by atoms with Gasteiger partial charge in [0.2, 0.25) is 5.79 Å². The standard InChI is InChI=1S/C49H76N2O12/c1-12-26-57-44(54)35(13-2)37-17-16-29(5)42(59-37)33(9)40(52)32(8)41(53)36(14-3)43-30(6)27-31(7)48(61-43)21-19-39(60-45(55)51-25-24-50-28-51)49(63-48)23-22-46(11,62-49)38-18-20-47(56,15-4)34(10)58-38/h12,19,21,24-25,28-40,42-43,52,56H,1,13-18,20,22-23,26-27H2,2-11H3/t29?,30-,31+,32-,33-,34-,35+,36-,37+,38+,39+,40+,42+,43-,46-,47+,48-,49-/m0/s1. The Bertz CT molecular complexity index is 1770. The number of Topliss-reactive ketones (excluding diaryl/α,β-unsaturated/α-hetero) is 1. The summed E-state index contributed by atoms with van der Waals surface area (Å²) >= 11 is 0. The number of esters is 1. The molecule has 0 bridgehead atoms. The van der Waals surface area contributed by atoms with Crippen LogP contribution in [0.1, 0.15) is 133 Å². The van der Waals surface area contributed by atoms with Gasteiger partial charge in [-0.2, -0.15) is 0 Å². The van der Waals surface area contributed by atoms with Gasteiger partial charge in [0.15, 0.2) is 11.9 Å². The van der Waals surface area contributed by atoms with Crippen molar-refractivity contribution < 1.29 is 57.8 Å². The van der Waals surface area contributed by atoms with Gasteiger partial charge < -0.3 is 43.4 Å². The molecular weight excluding hydrogens is 809 g/mol. The molecular formula is C49H76N2O12. The molecule has 0 amide bonds. The molecule has 14 heteroatoms. The van der Waals surface area contributed by atoms with E-state index in [1.807, 2.05) is 47.6 Å². The molecule has 0 saturated carbocycles. The van der Waals surface area contributed by atoms with Crippen LogP contribution in [0.3, 0.4) is 0 Å². The van der Waals surface area contributed by atoms with E-state index in [1.54, 1.807) is 19.1 Å². The van der Waals surface area contributed by atoms with Crippen LogP contribution in [0.25, 0.3) is 0 Å². The number of imidazole rings is 1. The van der Waals surface area contributed by atoms with E-state index in [4.69, 9.17) is 33.2 Å². The molecule has 6 heterocycles. The Morgan fingerprint density at radius 1 is 0.968 bits per heavy atom. The van der Waals surface area contributed by atoms with Crippen LogP contribution >= 0.6 is 0 Å². The van der Waals surface area contributed by atoms with Crippen LogP contribution < -0.4 is 0 Å². The number of aromatic nitrogens is 2. The fourth-order valence-corrected chi connectivity index (χ4v) is 11.4. The van der Waals surface area contributed by atoms with E-state index in [1.165, 1.54) is 23.3 Å². The van der Waals surface area contributed by atoms with Crippen molar-refractivity contribution >= 4 is 17.8 Å². The van der Waals surface area contributed by atoms with Crippen molar-refractivity contribution in [1.82, 2.24) is 9.55 Å². The summed E-state index contributed by atoms with van der Waals surface area (Å²) in [5, 5.41) is 23.2. The molecule has 0 aromatic carbocycles. The second-order valence-electron chi connectivity index (χ2n) is 19.8. The van der Waals surface area contributed by atoms with Gasteiger partial charge in [0, 0.05) is 42.5 Å². The molecule has 354 valence electrons. The average molecular weight is 885 g/mol. The first-order valence-corrected chi connectivity index (χ1v) is 23.8. The van der Waals surface area contributed by atoms with E-state index in [0.29, 0.717) is 57.8 Å². The maximum atomic E-state index is 14.8. The van der Waals surface area contributed by atoms with Crippen LogP contribution in [0, 0.1) is 41.4 Å². The Balaban J connectivity index is 1.22. The van der Waals surface area contributed by atoms with Crippen LogP contribution in [0.4, 0.5) is 4.79 Å². The van der Waals surface area contributed by atoms with Crippen LogP contribution in [-0.2, 0) is 42.7 Å². The summed E-state index contributed by atoms with van der Waals surface area (Å²) in [7, 11) is 0. The second-order valence-corrected chi connectivity index (χ2v) is 19.8. The summed E-state index contributed by atoms with van der Waals surface area (Å²) in [4.78, 5) is 45.1. The van der Waals surface area contributed by atoms with Gasteiger partial charge >= 0.3 is 12.1 Å². The summed E-state index contributed by atoms with van der Waals surface area (Å²) in [5.74, 6) is -5.47. The highest BCUT2D eigenvalue weighted by molar-refractivity contribution is 5.84. The van der Waals surface area contributed by atoms with Gasteiger partial charge in [0.05, 0.1) is 53.7 Å². The molecule has 18 atom stereocenters. The minimum absolute atomic E-state index is 0.0375. The summed E-state index contributed by atoms with van der Waals surface area (Å²) in [6, 6.07) is 0. The van der Waals surface area contributed by atoms with Crippen molar-refractivity contribution in [3.63, 3.8) is 0 Å². The van der Waals surface area contributed by atoms with E-state index in [2.05, 4.69) is 32.3 Å². The van der Waals surface area contributed by atoms with Crippen LogP contribution in [0.2, 0.25) is 0 Å². The number of carbonyl (C=O) groups excluding carboxylic acids is 3. The first-order chi connectivity index (χ1) is 29.8. The molecule has 2 N–H and O–H groups in total. The van der Waals surface area contributed by atoms with Gasteiger partial charge in [-0.15, -0.1) is 0 Å². The fourth-order valence-electron chi connectivity index (χ4n) is 11.4. The van der Waals surface area contributed by atoms with Crippen molar-refractivity contribution in [2.24, 2.45) is 41.4 Å². The number of ketones is 1. The lowest BCUT2D eigenvalue weighted by Gasteiger charge is -2.54. The maximum absolute atomic E-state index is 14.8. The van der Waals surface area contributed by atoms with Gasteiger partial charge in [0.25, 0.3) is 0 Å². The van der Waals surface area contributed by atoms with Crippen molar-refractivity contribution in [2.75, 3.05) is 6.61 Å². The zero-order valence-corrected chi connectivity index (χ0v) is 39.4. The van der Waals surface area contributed by atoms with Gasteiger partial charge in [-0.05, 0) is 95.6 Å². The first kappa shape index (κ1) is 49.5. The number of nitrogens with zero attached hydrogens (tertiary/aromatic N) is 2. The smallest absolute Gasteiger partial charge is 0.420 e. The molecule has 1 aromatic rings. The topological polar surface area (TPSA) is 174 Å². The first-order valence-electron chi connectivity index (χ1n) is 23.8. The predicted octanol–water partition coefficient (Wildman–Crippen LogP) is 7.72. The van der Waals surface area contributed by atoms with Crippen molar-refractivity contribution in [2.45, 2.75) is 199 Å². The highest BCUT2D eigenvalue weighted by Gasteiger charge is 2.64. The predicted molar refractivity (Wildman–Crippen MR) is 234 cm³/mol. The lowest BCUT2D eigenvalue weighted by atomic mass is 9.72. The Morgan fingerprint density at radius 2 is 1.70 bits per heavy atom. The fraction of sp³-hybridized carbons (Fsp3) is 0.796. The Labute approximate surface area is 374 Å². The molecule has 63 heavy (non-hydrogen) atoms. The van der Waals surface area contributed by atoms with E-state index >= 15 is 0 Å². The van der Waals surface area contributed by atoms with Crippen molar-refractivity contribution in [3.05, 3.63) is 43.5 Å². The molecule has 0 radical (unpaired) electrons. The van der Waals surface area contributed by atoms with Gasteiger partial charge in [0.1, 0.15) is 18.7 Å². The normalized spacial score (nSPS) is 40.5. The van der Waals surface area contributed by atoms with Gasteiger partial charge in [-0.25, -0.2) is 14.3 Å². The third kappa shape index (κ3) is 9.79. The zero-order valence-electron chi connectivity index (χ0n) is 39.4. The number of hydrogen-bond acceptors (Lipinski definition) is 13. The molecule has 1 unspecified atom stereocenters. The SMILES string of the molecule is C=CCOC(=O)[C@H](CC)[C@H]1CCC(C)[C@H]([C@@H](C)[C@H](O)[C@H](C)C(=O)[C@H](CC)[C@H]2O[C@]3(C=C[C@@H](OC(=O)n4ccnc4)[C@]4(CC[C@@](C)([C@H]5CC[C@](O)(CC)[C@H](C)O5)O4)O3)[C@H](C)C[C@@H]2C)O1. The summed E-state index contributed by atoms with van der Waals surface area (Å²) in [5.41, 5.74) is -1.78. The average Bonchev–Trinajstić information content (AvgIpc) is 3.93. The van der Waals surface area contributed by atoms with Gasteiger partial charge in [-0.3, -0.25) is 9.59 Å². The maximum Gasteiger partial charge on any atom is 0.420 e. The molecule has 4 fully saturated rings. The number of carbonyl (C=O) groups is 3. The lowest BCUT2D eigenvalue weighted by molar-refractivity contribution is -0.408. The van der Waals surface area contributed by atoms with E-state index < -0.39 is 77.0 Å². The van der Waals surface area contributed by atoms with Crippen LogP contribution in [0.5, 0.6) is 0 Å². The molecule has 14 nitrogen and oxygen atoms in total. The summed E-state index contributed by atoms with van der Waals surface area (Å²) < 4.78 is 47.4. The molecule has 4 saturated heterocycles. The monoisotopic (exact) mass is 885 g/mol. The minimum atomic E-state index is -1.47. The number of hydrogen-bond donors (Lipinski definition) is 2. The number of rotatable bonds is 15. The number of aliphatic hydroxyl groups excluding tert-OH is 1. The molecule has 2 spiro atoms. The van der Waals surface area contributed by atoms with Crippen molar-refractivity contribution in [1.29, 1.82) is 0 Å². The zero-order chi connectivity index (χ0) is 46.1. The Kier molecular flexibility index (Phi) is 15.6. The molecule has 0 aliphatic carbocycles. The Hall–Kier alpha value is -2.98. The van der Waals surface area contributed by atoms with Gasteiger partial charge in [-0.1, -0.05) is 68.0 Å². The molecule has 1 aromatic heterocycles. The third-order valence-corrected chi connectivity index (χ3v) is 15.7. The van der Waals surface area contributed by atoms with Crippen LogP contribution in [0.15, 0.2) is 43.5 Å². The second kappa shape index (κ2) is 19.9. The largest absolute Gasteiger partial charge is 0.461 e. The highest BCUT2D eigenvalue weighted by Crippen LogP contribution is 2.54. The molecule has 5 aliphatic rings. The number of aliphatic hydroxyl groups is 2. The minimum Gasteiger partial charge on any atom is -0.461 e. The molecule has 6 rings (SSSR count). The van der Waals surface area contributed by atoms with Crippen LogP contribution in [-0.4, -0.2) is 110 Å². The highest BCUT2D eigenvalue weighted by atomic mass is 16.8. The lowest BCUT2D eigenvalue weighted by Crippen LogP contribution is -2.63. The van der Waals surface area contributed by atoms with E-state index in [9.17, 15) is 24.6 Å².